The number of carbonyl (C=O) groups excluding carboxylic acids is 2. The van der Waals surface area contributed by atoms with Crippen LogP contribution in [-0.2, 0) is 33.1 Å². The number of anilines is 1. The highest BCUT2D eigenvalue weighted by atomic mass is 32.2. The average molecular weight is 477 g/mol. The molecule has 0 saturated heterocycles. The number of amides is 1. The fraction of sp³-hybridized carbons (Fsp3) is 0.250. The van der Waals surface area contributed by atoms with E-state index in [2.05, 4.69) is 5.32 Å². The van der Waals surface area contributed by atoms with Gasteiger partial charge in [-0.1, -0.05) is 18.7 Å². The summed E-state index contributed by atoms with van der Waals surface area (Å²) in [6.45, 7) is 1.70. The van der Waals surface area contributed by atoms with Crippen molar-refractivity contribution in [2.24, 2.45) is 5.73 Å². The van der Waals surface area contributed by atoms with Gasteiger partial charge in [-0.05, 0) is 41.7 Å². The van der Waals surface area contributed by atoms with Crippen molar-refractivity contribution in [2.45, 2.75) is 37.0 Å². The second-order valence-electron chi connectivity index (χ2n) is 8.46. The van der Waals surface area contributed by atoms with Crippen LogP contribution in [0.4, 0.5) is 5.69 Å². The lowest BCUT2D eigenvalue weighted by Crippen LogP contribution is -2.44. The van der Waals surface area contributed by atoms with E-state index in [1.54, 1.807) is 23.6 Å². The maximum Gasteiger partial charge on any atom is 0.343 e. The minimum atomic E-state index is -1.87. The molecular formula is C24H20N4O5S. The van der Waals surface area contributed by atoms with E-state index in [-0.39, 0.29) is 42.2 Å². The summed E-state index contributed by atoms with van der Waals surface area (Å²) in [6, 6.07) is 5.32. The zero-order valence-corrected chi connectivity index (χ0v) is 19.0. The number of nitrogens with one attached hydrogen (secondary N) is 1. The molecule has 4 N–H and O–H groups in total. The molecule has 0 unspecified atom stereocenters. The summed E-state index contributed by atoms with van der Waals surface area (Å²) < 4.78 is 6.76. The van der Waals surface area contributed by atoms with Crippen molar-refractivity contribution in [3.63, 3.8) is 0 Å². The summed E-state index contributed by atoms with van der Waals surface area (Å²) in [6.07, 6.45) is 2.08. The van der Waals surface area contributed by atoms with E-state index in [0.29, 0.717) is 23.6 Å². The van der Waals surface area contributed by atoms with Gasteiger partial charge in [0, 0.05) is 21.4 Å². The van der Waals surface area contributed by atoms with Crippen molar-refractivity contribution >= 4 is 46.3 Å². The number of ether oxygens (including phenoxy) is 1. The second kappa shape index (κ2) is 7.26. The van der Waals surface area contributed by atoms with Crippen LogP contribution in [0.15, 0.2) is 33.3 Å². The Morgan fingerprint density at radius 1 is 1.35 bits per heavy atom. The van der Waals surface area contributed by atoms with Crippen molar-refractivity contribution < 1.29 is 19.4 Å². The molecule has 1 amide bonds. The first-order valence-corrected chi connectivity index (χ1v) is 11.7. The van der Waals surface area contributed by atoms with Crippen molar-refractivity contribution in [1.29, 1.82) is 0 Å². The fourth-order valence-electron chi connectivity index (χ4n) is 4.95. The van der Waals surface area contributed by atoms with Gasteiger partial charge in [-0.3, -0.25) is 9.59 Å². The largest absolute Gasteiger partial charge is 0.458 e. The molecular weight excluding hydrogens is 456 g/mol. The Hall–Kier alpha value is -3.47. The van der Waals surface area contributed by atoms with Crippen LogP contribution < -0.4 is 16.6 Å². The maximum atomic E-state index is 13.4. The van der Waals surface area contributed by atoms with E-state index in [0.717, 1.165) is 26.9 Å². The molecule has 10 heteroatoms. The zero-order valence-electron chi connectivity index (χ0n) is 18.2. The highest BCUT2D eigenvalue weighted by molar-refractivity contribution is 8.02. The fourth-order valence-corrected chi connectivity index (χ4v) is 5.87. The number of hydrogen-bond donors (Lipinski definition) is 3. The third-order valence-corrected chi connectivity index (χ3v) is 7.66. The van der Waals surface area contributed by atoms with E-state index < -0.39 is 11.6 Å². The molecule has 0 bridgehead atoms. The van der Waals surface area contributed by atoms with Gasteiger partial charge >= 0.3 is 5.97 Å². The Morgan fingerprint density at radius 3 is 2.94 bits per heavy atom. The molecule has 3 aromatic rings. The number of aliphatic hydroxyl groups is 1. The first kappa shape index (κ1) is 21.1. The Bertz CT molecular complexity index is 1540. The molecule has 9 nitrogen and oxygen atoms in total. The van der Waals surface area contributed by atoms with Gasteiger partial charge in [0.05, 0.1) is 41.2 Å². The number of aromatic nitrogens is 2. The van der Waals surface area contributed by atoms with Gasteiger partial charge in [0.2, 0.25) is 5.91 Å². The number of nitrogens with zero attached hydrogens (tertiary/aromatic N) is 2. The minimum absolute atomic E-state index is 0.0889. The lowest BCUT2D eigenvalue weighted by Gasteiger charge is -2.31. The van der Waals surface area contributed by atoms with Gasteiger partial charge in [-0.2, -0.15) is 0 Å². The Labute approximate surface area is 197 Å². The molecule has 3 aliphatic rings. The number of fused-ring (bicyclic) bond motifs is 5. The molecule has 0 saturated carbocycles. The third-order valence-electron chi connectivity index (χ3n) is 6.73. The number of thioether (sulfide) groups is 1. The van der Waals surface area contributed by atoms with E-state index in [4.69, 9.17) is 15.5 Å². The number of cyclic esters (lactones) is 1. The minimum Gasteiger partial charge on any atom is -0.458 e. The van der Waals surface area contributed by atoms with Crippen LogP contribution in [0.25, 0.3) is 28.4 Å². The lowest BCUT2D eigenvalue weighted by atomic mass is 9.86. The number of nitrogens with two attached hydrogens (primary N) is 1. The molecule has 6 rings (SSSR count). The van der Waals surface area contributed by atoms with E-state index in [1.165, 1.54) is 11.8 Å². The highest BCUT2D eigenvalue weighted by Crippen LogP contribution is 2.46. The molecule has 0 fully saturated rings. The smallest absolute Gasteiger partial charge is 0.343 e. The van der Waals surface area contributed by atoms with E-state index in [9.17, 15) is 19.5 Å². The molecule has 172 valence electrons. The number of carbonyl (C=O) groups is 2. The van der Waals surface area contributed by atoms with E-state index >= 15 is 0 Å². The number of rotatable bonds is 3. The highest BCUT2D eigenvalue weighted by Gasteiger charge is 2.45. The maximum absolute atomic E-state index is 13.4. The molecule has 0 spiro atoms. The van der Waals surface area contributed by atoms with Crippen LogP contribution in [0.2, 0.25) is 0 Å². The van der Waals surface area contributed by atoms with Crippen LogP contribution >= 0.6 is 11.8 Å². The molecule has 5 heterocycles. The van der Waals surface area contributed by atoms with Crippen molar-refractivity contribution in [3.8, 4) is 11.4 Å². The molecule has 0 aliphatic carbocycles. The van der Waals surface area contributed by atoms with Crippen LogP contribution in [-0.4, -0.2) is 33.1 Å². The van der Waals surface area contributed by atoms with Gasteiger partial charge in [0.15, 0.2) is 5.60 Å². The average Bonchev–Trinajstić information content (AvgIpc) is 3.22. The zero-order chi connectivity index (χ0) is 23.8. The summed E-state index contributed by atoms with van der Waals surface area (Å²) in [7, 11) is 0. The molecule has 3 aliphatic heterocycles. The Balaban J connectivity index is 1.60. The molecule has 1 atom stereocenters. The standard InChI is InChI=1S/C24H20N4O5S/c1-2-24(32)14-7-17-20-12(9-28(17)22(30)13(14)10-33-23(24)31)11-5-6-34-21-16(26-18(29)8-25)4-3-15(27-20)19(11)21/h3-7,32H,2,8-10,25H2,1H3,(H,26,29)/t24-/m0/s1. The van der Waals surface area contributed by atoms with Crippen LogP contribution in [0.5, 0.6) is 0 Å². The topological polar surface area (TPSA) is 137 Å². The normalized spacial score (nSPS) is 19.4. The number of benzene rings is 1. The van der Waals surface area contributed by atoms with Gasteiger partial charge < -0.3 is 25.5 Å². The predicted octanol–water partition coefficient (Wildman–Crippen LogP) is 2.05. The summed E-state index contributed by atoms with van der Waals surface area (Å²) in [5, 5.41) is 16.7. The molecule has 1 aromatic carbocycles. The number of pyridine rings is 2. The van der Waals surface area contributed by atoms with Gasteiger partial charge in [0.1, 0.15) is 6.61 Å². The second-order valence-corrected chi connectivity index (χ2v) is 9.38. The number of esters is 1. The lowest BCUT2D eigenvalue weighted by molar-refractivity contribution is -0.172. The summed E-state index contributed by atoms with van der Waals surface area (Å²) in [5.41, 5.74) is 8.26. The third kappa shape index (κ3) is 2.70. The Morgan fingerprint density at radius 2 is 2.18 bits per heavy atom. The number of hydrogen-bond acceptors (Lipinski definition) is 8. The first-order chi connectivity index (χ1) is 16.4. The van der Waals surface area contributed by atoms with Gasteiger partial charge in [0.25, 0.3) is 5.56 Å². The van der Waals surface area contributed by atoms with Gasteiger partial charge in [-0.15, -0.1) is 0 Å². The van der Waals surface area contributed by atoms with Crippen molar-refractivity contribution in [2.75, 3.05) is 11.9 Å². The monoisotopic (exact) mass is 476 g/mol. The van der Waals surface area contributed by atoms with Gasteiger partial charge in [-0.25, -0.2) is 9.78 Å². The van der Waals surface area contributed by atoms with Crippen molar-refractivity contribution in [3.05, 3.63) is 56.2 Å². The van der Waals surface area contributed by atoms with Crippen LogP contribution in [0.3, 0.4) is 0 Å². The molecule has 34 heavy (non-hydrogen) atoms. The summed E-state index contributed by atoms with van der Waals surface area (Å²) >= 11 is 1.48. The molecule has 2 aromatic heterocycles. The van der Waals surface area contributed by atoms with Crippen molar-refractivity contribution in [1.82, 2.24) is 9.55 Å². The quantitative estimate of drug-likeness (QED) is 0.382. The Kier molecular flexibility index (Phi) is 4.50. The summed E-state index contributed by atoms with van der Waals surface area (Å²) in [4.78, 5) is 43.5. The predicted molar refractivity (Wildman–Crippen MR) is 127 cm³/mol. The van der Waals surface area contributed by atoms with Crippen LogP contribution in [0.1, 0.15) is 35.6 Å². The van der Waals surface area contributed by atoms with Crippen LogP contribution in [0, 0.1) is 0 Å². The summed E-state index contributed by atoms with van der Waals surface area (Å²) in [5.74, 6) is -1.03. The SMILES string of the molecule is CC[C@@]1(O)C(=O)OCc2c1cc1n(c2=O)Cc2c-1nc1ccc(NC(=O)CN)c3c1c2C=CS3. The molecule has 0 radical (unpaired) electrons. The first-order valence-electron chi connectivity index (χ1n) is 10.9. The van der Waals surface area contributed by atoms with E-state index in [1.807, 2.05) is 17.6 Å².